The van der Waals surface area contributed by atoms with Crippen LogP contribution < -0.4 is 5.32 Å². The standard InChI is InChI=1S/C16H20N2O2/c1-10(2)16-18-14(12(4)20-16)15(19)17-11(3)13-8-6-5-7-9-13/h5-11H,1-4H3,(H,17,19)/t11-/m0/s1. The number of carbonyl (C=O) groups is 1. The number of nitrogens with one attached hydrogen (secondary N) is 1. The van der Waals surface area contributed by atoms with Crippen LogP contribution in [0.4, 0.5) is 0 Å². The van der Waals surface area contributed by atoms with E-state index in [4.69, 9.17) is 4.42 Å². The maximum atomic E-state index is 12.3. The second-order valence-corrected chi connectivity index (χ2v) is 5.22. The minimum atomic E-state index is -0.200. The lowest BCUT2D eigenvalue weighted by molar-refractivity contribution is 0.0934. The number of carbonyl (C=O) groups excluding carboxylic acids is 1. The fraction of sp³-hybridized carbons (Fsp3) is 0.375. The third-order valence-corrected chi connectivity index (χ3v) is 3.17. The highest BCUT2D eigenvalue weighted by Crippen LogP contribution is 2.19. The van der Waals surface area contributed by atoms with E-state index in [1.165, 1.54) is 0 Å². The molecule has 0 unspecified atom stereocenters. The van der Waals surface area contributed by atoms with Crippen LogP contribution in [0.25, 0.3) is 0 Å². The fourth-order valence-corrected chi connectivity index (χ4v) is 1.96. The first-order valence-corrected chi connectivity index (χ1v) is 6.82. The second-order valence-electron chi connectivity index (χ2n) is 5.22. The van der Waals surface area contributed by atoms with Crippen molar-refractivity contribution < 1.29 is 9.21 Å². The van der Waals surface area contributed by atoms with Crippen LogP contribution in [0.1, 0.15) is 60.4 Å². The summed E-state index contributed by atoms with van der Waals surface area (Å²) in [6.07, 6.45) is 0. The van der Waals surface area contributed by atoms with E-state index in [2.05, 4.69) is 10.3 Å². The predicted molar refractivity (Wildman–Crippen MR) is 77.7 cm³/mol. The molecule has 0 fully saturated rings. The number of amides is 1. The van der Waals surface area contributed by atoms with Gasteiger partial charge in [-0.25, -0.2) is 4.98 Å². The van der Waals surface area contributed by atoms with Crippen LogP contribution in [0.5, 0.6) is 0 Å². The average molecular weight is 272 g/mol. The first-order chi connectivity index (χ1) is 9.49. The molecule has 1 atom stereocenters. The first-order valence-electron chi connectivity index (χ1n) is 6.82. The molecule has 0 saturated heterocycles. The lowest BCUT2D eigenvalue weighted by Crippen LogP contribution is -2.27. The van der Waals surface area contributed by atoms with Crippen molar-refractivity contribution in [1.29, 1.82) is 0 Å². The van der Waals surface area contributed by atoms with Gasteiger partial charge < -0.3 is 9.73 Å². The molecule has 1 heterocycles. The summed E-state index contributed by atoms with van der Waals surface area (Å²) < 4.78 is 5.51. The molecule has 0 spiro atoms. The summed E-state index contributed by atoms with van der Waals surface area (Å²) in [6, 6.07) is 9.77. The van der Waals surface area contributed by atoms with Crippen LogP contribution in [-0.2, 0) is 0 Å². The number of hydrogen-bond donors (Lipinski definition) is 1. The summed E-state index contributed by atoms with van der Waals surface area (Å²) in [5.74, 6) is 1.13. The highest BCUT2D eigenvalue weighted by atomic mass is 16.4. The Balaban J connectivity index is 2.12. The van der Waals surface area contributed by atoms with Gasteiger partial charge in [-0.15, -0.1) is 0 Å². The van der Waals surface area contributed by atoms with E-state index in [1.807, 2.05) is 51.1 Å². The molecule has 2 aromatic rings. The zero-order valence-corrected chi connectivity index (χ0v) is 12.3. The molecule has 20 heavy (non-hydrogen) atoms. The van der Waals surface area contributed by atoms with Crippen LogP contribution in [0.15, 0.2) is 34.7 Å². The molecule has 1 amide bonds. The summed E-state index contributed by atoms with van der Waals surface area (Å²) in [7, 11) is 0. The third kappa shape index (κ3) is 3.07. The van der Waals surface area contributed by atoms with Gasteiger partial charge in [0.15, 0.2) is 11.6 Å². The largest absolute Gasteiger partial charge is 0.445 e. The molecule has 4 nitrogen and oxygen atoms in total. The lowest BCUT2D eigenvalue weighted by atomic mass is 10.1. The van der Waals surface area contributed by atoms with Gasteiger partial charge in [-0.05, 0) is 19.4 Å². The molecule has 4 heteroatoms. The van der Waals surface area contributed by atoms with Crippen LogP contribution in [0, 0.1) is 6.92 Å². The second kappa shape index (κ2) is 5.90. The molecular weight excluding hydrogens is 252 g/mol. The Labute approximate surface area is 119 Å². The highest BCUT2D eigenvalue weighted by molar-refractivity contribution is 5.93. The third-order valence-electron chi connectivity index (χ3n) is 3.17. The summed E-state index contributed by atoms with van der Waals surface area (Å²) in [6.45, 7) is 7.69. The van der Waals surface area contributed by atoms with Gasteiger partial charge in [-0.2, -0.15) is 0 Å². The van der Waals surface area contributed by atoms with Crippen molar-refractivity contribution in [3.63, 3.8) is 0 Å². The van der Waals surface area contributed by atoms with Crippen LogP contribution in [0.2, 0.25) is 0 Å². The number of rotatable bonds is 4. The molecule has 0 aliphatic heterocycles. The van der Waals surface area contributed by atoms with Gasteiger partial charge in [-0.3, -0.25) is 4.79 Å². The molecular formula is C16H20N2O2. The first kappa shape index (κ1) is 14.3. The topological polar surface area (TPSA) is 55.1 Å². The molecule has 0 radical (unpaired) electrons. The van der Waals surface area contributed by atoms with Crippen LogP contribution in [-0.4, -0.2) is 10.9 Å². The van der Waals surface area contributed by atoms with Crippen molar-refractivity contribution in [3.8, 4) is 0 Å². The Bertz CT molecular complexity index is 588. The van der Waals surface area contributed by atoms with Crippen LogP contribution >= 0.6 is 0 Å². The molecule has 1 N–H and O–H groups in total. The van der Waals surface area contributed by atoms with E-state index in [1.54, 1.807) is 6.92 Å². The number of oxazole rings is 1. The van der Waals surface area contributed by atoms with Gasteiger partial charge in [0.05, 0.1) is 6.04 Å². The smallest absolute Gasteiger partial charge is 0.274 e. The number of aryl methyl sites for hydroxylation is 1. The Hall–Kier alpha value is -2.10. The zero-order valence-electron chi connectivity index (χ0n) is 12.3. The zero-order chi connectivity index (χ0) is 14.7. The fourth-order valence-electron chi connectivity index (χ4n) is 1.96. The monoisotopic (exact) mass is 272 g/mol. The minimum Gasteiger partial charge on any atom is -0.445 e. The normalized spacial score (nSPS) is 12.4. The average Bonchev–Trinajstić information content (AvgIpc) is 2.82. The highest BCUT2D eigenvalue weighted by Gasteiger charge is 2.20. The van der Waals surface area contributed by atoms with Crippen molar-refractivity contribution in [1.82, 2.24) is 10.3 Å². The Morgan fingerprint density at radius 2 is 1.85 bits per heavy atom. The Kier molecular flexibility index (Phi) is 4.23. The molecule has 1 aromatic carbocycles. The quantitative estimate of drug-likeness (QED) is 0.925. The van der Waals surface area contributed by atoms with Gasteiger partial charge in [-0.1, -0.05) is 44.2 Å². The number of aromatic nitrogens is 1. The van der Waals surface area contributed by atoms with E-state index in [0.717, 1.165) is 5.56 Å². The van der Waals surface area contributed by atoms with Crippen molar-refractivity contribution >= 4 is 5.91 Å². The Morgan fingerprint density at radius 3 is 2.40 bits per heavy atom. The van der Waals surface area contributed by atoms with Gasteiger partial charge in [0.1, 0.15) is 5.76 Å². The van der Waals surface area contributed by atoms with Gasteiger partial charge >= 0.3 is 0 Å². The number of hydrogen-bond acceptors (Lipinski definition) is 3. The summed E-state index contributed by atoms with van der Waals surface area (Å²) in [5.41, 5.74) is 1.43. The van der Waals surface area contributed by atoms with E-state index < -0.39 is 0 Å². The minimum absolute atomic E-state index is 0.0673. The molecule has 1 aromatic heterocycles. The van der Waals surface area contributed by atoms with Crippen molar-refractivity contribution in [2.75, 3.05) is 0 Å². The van der Waals surface area contributed by atoms with E-state index >= 15 is 0 Å². The summed E-state index contributed by atoms with van der Waals surface area (Å²) >= 11 is 0. The molecule has 2 rings (SSSR count). The number of nitrogens with zero attached hydrogens (tertiary/aromatic N) is 1. The molecule has 106 valence electrons. The van der Waals surface area contributed by atoms with Crippen molar-refractivity contribution in [2.24, 2.45) is 0 Å². The summed E-state index contributed by atoms with van der Waals surface area (Å²) in [4.78, 5) is 16.5. The lowest BCUT2D eigenvalue weighted by Gasteiger charge is -2.13. The van der Waals surface area contributed by atoms with Crippen molar-refractivity contribution in [2.45, 2.75) is 39.7 Å². The molecule has 0 bridgehead atoms. The molecule has 0 aliphatic carbocycles. The molecule has 0 aliphatic rings. The summed E-state index contributed by atoms with van der Waals surface area (Å²) in [5, 5.41) is 2.94. The van der Waals surface area contributed by atoms with Gasteiger partial charge in [0, 0.05) is 5.92 Å². The van der Waals surface area contributed by atoms with Gasteiger partial charge in [0.2, 0.25) is 0 Å². The van der Waals surface area contributed by atoms with Gasteiger partial charge in [0.25, 0.3) is 5.91 Å². The van der Waals surface area contributed by atoms with Crippen molar-refractivity contribution in [3.05, 3.63) is 53.2 Å². The van der Waals surface area contributed by atoms with Crippen LogP contribution in [0.3, 0.4) is 0 Å². The maximum absolute atomic E-state index is 12.3. The number of benzene rings is 1. The Morgan fingerprint density at radius 1 is 1.20 bits per heavy atom. The maximum Gasteiger partial charge on any atom is 0.274 e. The SMILES string of the molecule is Cc1oc(C(C)C)nc1C(=O)N[C@@H](C)c1ccccc1. The van der Waals surface area contributed by atoms with E-state index in [-0.39, 0.29) is 17.9 Å². The van der Waals surface area contributed by atoms with E-state index in [0.29, 0.717) is 17.3 Å². The predicted octanol–water partition coefficient (Wildman–Crippen LogP) is 3.60. The van der Waals surface area contributed by atoms with E-state index in [9.17, 15) is 4.79 Å². The molecule has 0 saturated carbocycles.